The van der Waals surface area contributed by atoms with Gasteiger partial charge in [-0.15, -0.1) is 0 Å². The molecule has 4 aromatic rings. The molecule has 9 nitrogen and oxygen atoms in total. The third-order valence-electron chi connectivity index (χ3n) is 7.61. The number of aryl methyl sites for hydroxylation is 1. The summed E-state index contributed by atoms with van der Waals surface area (Å²) in [5, 5.41) is 20.2. The number of hydrogen-bond acceptors (Lipinski definition) is 7. The molecule has 2 aromatic heterocycles. The number of ether oxygens (including phenoxy) is 1. The average Bonchev–Trinajstić information content (AvgIpc) is 3.51. The normalized spacial score (nSPS) is 16.5. The van der Waals surface area contributed by atoms with Gasteiger partial charge in [-0.2, -0.15) is 0 Å². The minimum absolute atomic E-state index is 0.00246. The SMILES string of the molecule is CCn1cc(/C=C2\Oc3cccc(O)c3C2=O)c2c(-c3ccc(C(=O)N4CCN(CCO)CC4)cc3)ccnc21. The molecule has 204 valence electrons. The lowest BCUT2D eigenvalue weighted by atomic mass is 9.99. The molecule has 0 spiro atoms. The van der Waals surface area contributed by atoms with Crippen molar-refractivity contribution >= 4 is 28.8 Å². The zero-order chi connectivity index (χ0) is 27.8. The van der Waals surface area contributed by atoms with Gasteiger partial charge in [0.2, 0.25) is 5.78 Å². The Morgan fingerprint density at radius 1 is 1.07 bits per heavy atom. The monoisotopic (exact) mass is 538 g/mol. The maximum atomic E-state index is 13.1. The first-order valence-electron chi connectivity index (χ1n) is 13.5. The number of fused-ring (bicyclic) bond motifs is 2. The largest absolute Gasteiger partial charge is 0.507 e. The number of aliphatic hydroxyl groups is 1. The zero-order valence-electron chi connectivity index (χ0n) is 22.2. The molecule has 0 saturated carbocycles. The predicted molar refractivity (Wildman–Crippen MR) is 151 cm³/mol. The van der Waals surface area contributed by atoms with Crippen LogP contribution in [0, 0.1) is 0 Å². The minimum Gasteiger partial charge on any atom is -0.507 e. The number of phenolic OH excluding ortho intramolecular Hbond substituents is 1. The van der Waals surface area contributed by atoms with Crippen molar-refractivity contribution in [3.63, 3.8) is 0 Å². The average molecular weight is 539 g/mol. The summed E-state index contributed by atoms with van der Waals surface area (Å²) >= 11 is 0. The number of allylic oxidation sites excluding steroid dienone is 1. The maximum Gasteiger partial charge on any atom is 0.253 e. The van der Waals surface area contributed by atoms with Crippen LogP contribution in [0.5, 0.6) is 11.5 Å². The molecule has 1 amide bonds. The summed E-state index contributed by atoms with van der Waals surface area (Å²) in [6.07, 6.45) is 5.41. The fourth-order valence-electron chi connectivity index (χ4n) is 5.49. The highest BCUT2D eigenvalue weighted by atomic mass is 16.5. The first kappa shape index (κ1) is 25.8. The number of aromatic hydroxyl groups is 1. The molecule has 2 aliphatic rings. The molecule has 2 N–H and O–H groups in total. The first-order chi connectivity index (χ1) is 19.5. The van der Waals surface area contributed by atoms with Crippen LogP contribution in [-0.4, -0.2) is 80.6 Å². The molecule has 2 aliphatic heterocycles. The Morgan fingerprint density at radius 3 is 2.55 bits per heavy atom. The molecular formula is C31H30N4O5. The minimum atomic E-state index is -0.365. The summed E-state index contributed by atoms with van der Waals surface area (Å²) < 4.78 is 7.84. The fraction of sp³-hybridized carbons (Fsp3) is 0.258. The van der Waals surface area contributed by atoms with E-state index in [1.165, 1.54) is 6.07 Å². The molecule has 40 heavy (non-hydrogen) atoms. The fourth-order valence-corrected chi connectivity index (χ4v) is 5.49. The topological polar surface area (TPSA) is 108 Å². The molecule has 0 bridgehead atoms. The van der Waals surface area contributed by atoms with Gasteiger partial charge in [-0.05, 0) is 54.5 Å². The van der Waals surface area contributed by atoms with E-state index in [0.717, 1.165) is 40.8 Å². The second-order valence-electron chi connectivity index (χ2n) is 9.95. The van der Waals surface area contributed by atoms with Crippen molar-refractivity contribution < 1.29 is 24.5 Å². The van der Waals surface area contributed by atoms with Crippen molar-refractivity contribution in [2.75, 3.05) is 39.3 Å². The van der Waals surface area contributed by atoms with E-state index in [1.807, 2.05) is 52.9 Å². The quantitative estimate of drug-likeness (QED) is 0.360. The second kappa shape index (κ2) is 10.6. The number of piperazine rings is 1. The summed E-state index contributed by atoms with van der Waals surface area (Å²) in [6.45, 7) is 6.24. The Bertz CT molecular complexity index is 1630. The van der Waals surface area contributed by atoms with E-state index in [1.54, 1.807) is 24.4 Å². The van der Waals surface area contributed by atoms with Crippen LogP contribution in [0.4, 0.5) is 0 Å². The number of pyridine rings is 1. The van der Waals surface area contributed by atoms with Crippen molar-refractivity contribution in [1.29, 1.82) is 0 Å². The molecule has 4 heterocycles. The molecule has 9 heteroatoms. The molecule has 0 radical (unpaired) electrons. The molecular weight excluding hydrogens is 508 g/mol. The van der Waals surface area contributed by atoms with Crippen molar-refractivity contribution in [2.45, 2.75) is 13.5 Å². The molecule has 2 aromatic carbocycles. The highest BCUT2D eigenvalue weighted by Gasteiger charge is 2.31. The Kier molecular flexibility index (Phi) is 6.83. The number of aliphatic hydroxyl groups excluding tert-OH is 1. The van der Waals surface area contributed by atoms with Crippen LogP contribution < -0.4 is 4.74 Å². The van der Waals surface area contributed by atoms with Crippen molar-refractivity contribution in [3.8, 4) is 22.6 Å². The molecule has 0 aliphatic carbocycles. The molecule has 1 saturated heterocycles. The summed E-state index contributed by atoms with van der Waals surface area (Å²) in [4.78, 5) is 34.8. The van der Waals surface area contributed by atoms with Gasteiger partial charge in [0.25, 0.3) is 5.91 Å². The number of ketones is 1. The van der Waals surface area contributed by atoms with Crippen LogP contribution in [0.3, 0.4) is 0 Å². The van der Waals surface area contributed by atoms with E-state index in [4.69, 9.17) is 9.84 Å². The van der Waals surface area contributed by atoms with E-state index >= 15 is 0 Å². The lowest BCUT2D eigenvalue weighted by molar-refractivity contribution is 0.0615. The van der Waals surface area contributed by atoms with Gasteiger partial charge in [0.05, 0.1) is 6.61 Å². The third kappa shape index (κ3) is 4.53. The highest BCUT2D eigenvalue weighted by Crippen LogP contribution is 2.39. The zero-order valence-corrected chi connectivity index (χ0v) is 22.2. The number of aromatic nitrogens is 2. The molecule has 6 rings (SSSR count). The smallest absolute Gasteiger partial charge is 0.253 e. The highest BCUT2D eigenvalue weighted by molar-refractivity contribution is 6.17. The van der Waals surface area contributed by atoms with Gasteiger partial charge in [-0.25, -0.2) is 4.98 Å². The molecule has 1 fully saturated rings. The first-order valence-corrected chi connectivity index (χ1v) is 13.5. The van der Waals surface area contributed by atoms with Gasteiger partial charge >= 0.3 is 0 Å². The van der Waals surface area contributed by atoms with Gasteiger partial charge in [0.1, 0.15) is 22.7 Å². The van der Waals surface area contributed by atoms with Crippen LogP contribution in [0.1, 0.15) is 33.2 Å². The Morgan fingerprint density at radius 2 is 1.85 bits per heavy atom. The summed E-state index contributed by atoms with van der Waals surface area (Å²) in [5.41, 5.74) is 4.19. The second-order valence-corrected chi connectivity index (χ2v) is 9.95. The Hall–Kier alpha value is -4.47. The van der Waals surface area contributed by atoms with Gasteiger partial charge in [0.15, 0.2) is 5.76 Å². The van der Waals surface area contributed by atoms with Crippen LogP contribution in [0.2, 0.25) is 0 Å². The van der Waals surface area contributed by atoms with Gasteiger partial charge in [0, 0.05) is 68.2 Å². The van der Waals surface area contributed by atoms with Crippen molar-refractivity contribution in [2.24, 2.45) is 0 Å². The predicted octanol–water partition coefficient (Wildman–Crippen LogP) is 3.80. The molecule has 0 atom stereocenters. The number of phenols is 1. The maximum absolute atomic E-state index is 13.1. The Labute approximate surface area is 231 Å². The van der Waals surface area contributed by atoms with E-state index < -0.39 is 0 Å². The number of carbonyl (C=O) groups is 2. The number of rotatable bonds is 6. The Balaban J connectivity index is 1.32. The summed E-state index contributed by atoms with van der Waals surface area (Å²) in [5.74, 6) is 0.00430. The third-order valence-corrected chi connectivity index (χ3v) is 7.61. The van der Waals surface area contributed by atoms with Crippen LogP contribution in [-0.2, 0) is 6.54 Å². The number of Topliss-reactive ketones (excluding diaryl/α,β-unsaturated/α-hetero) is 1. The van der Waals surface area contributed by atoms with Crippen molar-refractivity contribution in [3.05, 3.63) is 83.4 Å². The van der Waals surface area contributed by atoms with Gasteiger partial charge < -0.3 is 24.4 Å². The van der Waals surface area contributed by atoms with Crippen LogP contribution in [0.15, 0.2) is 66.7 Å². The van der Waals surface area contributed by atoms with E-state index in [9.17, 15) is 14.7 Å². The number of carbonyl (C=O) groups excluding carboxylic acids is 2. The van der Waals surface area contributed by atoms with Crippen LogP contribution >= 0.6 is 0 Å². The lowest BCUT2D eigenvalue weighted by Gasteiger charge is -2.34. The summed E-state index contributed by atoms with van der Waals surface area (Å²) in [6, 6.07) is 14.3. The lowest BCUT2D eigenvalue weighted by Crippen LogP contribution is -2.49. The number of nitrogens with zero attached hydrogens (tertiary/aromatic N) is 4. The summed E-state index contributed by atoms with van der Waals surface area (Å²) in [7, 11) is 0. The number of amides is 1. The van der Waals surface area contributed by atoms with E-state index in [2.05, 4.69) is 9.88 Å². The van der Waals surface area contributed by atoms with Crippen molar-refractivity contribution in [1.82, 2.24) is 19.4 Å². The van der Waals surface area contributed by atoms with Crippen LogP contribution in [0.25, 0.3) is 28.2 Å². The van der Waals surface area contributed by atoms with Gasteiger partial charge in [-0.3, -0.25) is 14.5 Å². The number of hydrogen-bond donors (Lipinski definition) is 2. The molecule has 0 unspecified atom stereocenters. The van der Waals surface area contributed by atoms with Gasteiger partial charge in [-0.1, -0.05) is 18.2 Å². The number of benzene rings is 2. The number of β-amino-alcohol motifs (C(OH)–C–C–N with tert-alkyl or cyclic N) is 1. The van der Waals surface area contributed by atoms with E-state index in [0.29, 0.717) is 37.5 Å². The van der Waals surface area contributed by atoms with E-state index in [-0.39, 0.29) is 35.4 Å². The standard InChI is InChI=1S/C31H30N4O5/c1-2-34-19-22(18-26-29(38)28-24(37)4-3-5-25(28)40-26)27-23(10-11-32-30(27)34)20-6-8-21(9-7-20)31(39)35-14-12-33(13-15-35)16-17-36/h3-11,18-19,36-37H,2,12-17H2,1H3/b26-18-.